The molecule has 21 nitrogen and oxygen atoms in total. The third-order valence-electron chi connectivity index (χ3n) is 8.79. The first-order chi connectivity index (χ1) is 29.2. The summed E-state index contributed by atoms with van der Waals surface area (Å²) in [6, 6.07) is 21.1. The van der Waals surface area contributed by atoms with Gasteiger partial charge >= 0.3 is 10.4 Å². The van der Waals surface area contributed by atoms with Gasteiger partial charge in [-0.25, -0.2) is 4.18 Å². The summed E-state index contributed by atoms with van der Waals surface area (Å²) in [6.45, 7) is 3.95. The molecule has 0 aliphatic carbocycles. The molecule has 0 aliphatic rings. The minimum atomic E-state index is -5.06. The van der Waals surface area contributed by atoms with Crippen LogP contribution in [-0.2, 0) is 41.2 Å². The number of nitrogen functional groups attached to an aromatic ring is 1. The van der Waals surface area contributed by atoms with Crippen molar-refractivity contribution in [3.05, 3.63) is 101 Å². The topological polar surface area (TPSA) is 322 Å². The number of fused-ring (bicyclic) bond motifs is 1. The Kier molecular flexibility index (Phi) is 13.4. The molecule has 0 radical (unpaired) electrons. The van der Waals surface area contributed by atoms with Crippen LogP contribution in [0.1, 0.15) is 24.5 Å². The molecule has 0 saturated carbocycles. The highest BCUT2D eigenvalue weighted by Crippen LogP contribution is 2.46. The van der Waals surface area contributed by atoms with Gasteiger partial charge in [0, 0.05) is 12.2 Å². The lowest BCUT2D eigenvalue weighted by atomic mass is 10.1. The fourth-order valence-electron chi connectivity index (χ4n) is 6.00. The quantitative estimate of drug-likeness (QED) is 0.0230. The molecule has 0 atom stereocenters. The van der Waals surface area contributed by atoms with E-state index in [1.165, 1.54) is 12.1 Å². The lowest BCUT2D eigenvalue weighted by molar-refractivity contribution is 0.265. The number of phenolic OH excluding ortho intramolecular Hbond substituents is 1. The number of nitrogens with zero attached hydrogens (tertiary/aromatic N) is 8. The van der Waals surface area contributed by atoms with E-state index < -0.39 is 51.9 Å². The summed E-state index contributed by atoms with van der Waals surface area (Å²) in [5, 5.41) is 30.1. The van der Waals surface area contributed by atoms with Crippen LogP contribution in [0.4, 0.5) is 51.7 Å². The molecular formula is C37H35ClN10O11S3. The fraction of sp³-hybridized carbons (Fsp3) is 0.162. The maximum Gasteiger partial charge on any atom is 0.397 e. The van der Waals surface area contributed by atoms with E-state index in [-0.39, 0.29) is 57.3 Å². The van der Waals surface area contributed by atoms with Crippen LogP contribution in [0.3, 0.4) is 0 Å². The highest BCUT2D eigenvalue weighted by atomic mass is 35.5. The van der Waals surface area contributed by atoms with Crippen molar-refractivity contribution in [1.82, 2.24) is 15.0 Å². The maximum atomic E-state index is 12.6. The molecule has 0 spiro atoms. The summed E-state index contributed by atoms with van der Waals surface area (Å²) in [7, 11) is -14.5. The number of hydrogen-bond acceptors (Lipinski definition) is 18. The van der Waals surface area contributed by atoms with Gasteiger partial charge in [-0.3, -0.25) is 13.7 Å². The molecule has 7 N–H and O–H groups in total. The average Bonchev–Trinajstić information content (AvgIpc) is 3.18. The minimum absolute atomic E-state index is 0.0563. The van der Waals surface area contributed by atoms with E-state index in [0.29, 0.717) is 25.1 Å². The second-order valence-corrected chi connectivity index (χ2v) is 17.4. The summed E-state index contributed by atoms with van der Waals surface area (Å²) in [5.41, 5.74) is 8.00. The molecule has 1 heterocycles. The van der Waals surface area contributed by atoms with Crippen LogP contribution < -0.4 is 16.0 Å². The number of rotatable bonds is 16. The van der Waals surface area contributed by atoms with Crippen molar-refractivity contribution in [2.75, 3.05) is 29.1 Å². The number of aryl methyl sites for hydroxylation is 2. The third-order valence-corrected chi connectivity index (χ3v) is 11.2. The maximum absolute atomic E-state index is 12.6. The fourth-order valence-corrected chi connectivity index (χ4v) is 7.77. The van der Waals surface area contributed by atoms with E-state index in [1.807, 2.05) is 38.1 Å². The summed E-state index contributed by atoms with van der Waals surface area (Å²) in [4.78, 5) is 12.9. The Morgan fingerprint density at radius 1 is 0.806 bits per heavy atom. The van der Waals surface area contributed by atoms with Gasteiger partial charge in [-0.05, 0) is 109 Å². The molecule has 0 amide bonds. The number of aromatic nitrogens is 3. The molecule has 0 bridgehead atoms. The molecule has 0 saturated heterocycles. The smallest absolute Gasteiger partial charge is 0.397 e. The minimum Gasteiger partial charge on any atom is -0.505 e. The van der Waals surface area contributed by atoms with Gasteiger partial charge in [0.2, 0.25) is 17.2 Å². The molecule has 62 heavy (non-hydrogen) atoms. The number of phenols is 1. The van der Waals surface area contributed by atoms with E-state index in [1.54, 1.807) is 29.2 Å². The number of aromatic hydroxyl groups is 1. The Morgan fingerprint density at radius 3 is 2.16 bits per heavy atom. The Hall–Kier alpha value is -6.25. The van der Waals surface area contributed by atoms with Crippen LogP contribution in [0.5, 0.6) is 5.75 Å². The number of benzene rings is 5. The van der Waals surface area contributed by atoms with Gasteiger partial charge < -0.3 is 21.1 Å². The van der Waals surface area contributed by atoms with Crippen LogP contribution in [-0.4, -0.2) is 72.1 Å². The molecule has 1 aromatic heterocycles. The van der Waals surface area contributed by atoms with Gasteiger partial charge in [-0.2, -0.15) is 50.4 Å². The molecule has 324 valence electrons. The zero-order chi connectivity index (χ0) is 45.0. The lowest BCUT2D eigenvalue weighted by Gasteiger charge is -2.22. The predicted molar refractivity (Wildman–Crippen MR) is 229 cm³/mol. The largest absolute Gasteiger partial charge is 0.505 e. The third kappa shape index (κ3) is 11.2. The van der Waals surface area contributed by atoms with E-state index in [4.69, 9.17) is 21.9 Å². The zero-order valence-electron chi connectivity index (χ0n) is 32.3. The van der Waals surface area contributed by atoms with Crippen molar-refractivity contribution in [3.8, 4) is 5.75 Å². The summed E-state index contributed by atoms with van der Waals surface area (Å²) < 4.78 is 105. The zero-order valence-corrected chi connectivity index (χ0v) is 35.5. The second kappa shape index (κ2) is 18.4. The summed E-state index contributed by atoms with van der Waals surface area (Å²) >= 11 is 6.26. The second-order valence-electron chi connectivity index (χ2n) is 13.2. The van der Waals surface area contributed by atoms with E-state index in [9.17, 15) is 39.5 Å². The molecule has 0 fully saturated rings. The molecule has 25 heteroatoms. The summed E-state index contributed by atoms with van der Waals surface area (Å²) in [6.07, 6.45) is 0.746. The lowest BCUT2D eigenvalue weighted by Crippen LogP contribution is -2.20. The standard InChI is InChI=1S/C37H35ClN10O11S3/c1-3-48(26-8-4-6-21(2)18-26)37-42-35(38)41-36(43-37)40-28-20-25(14-16-29(28)60(50,51)52)45-47-33-30(61(53,54)55)19-23-11-15-27(32(39)31(23)34(33)49)46-44-24-12-9-22(10-13-24)7-5-17-59-62(56,57)58/h4,6,8-16,18-20,49H,3,5,7,17,39H2,1-2H3,(H,50,51,52)(H,53,54,55)(H,56,57,58)(H,40,41,42,43). The number of hydrogen-bond donors (Lipinski definition) is 6. The molecular weight excluding hydrogens is 892 g/mol. The van der Waals surface area contributed by atoms with Crippen molar-refractivity contribution in [1.29, 1.82) is 0 Å². The Labute approximate surface area is 359 Å². The van der Waals surface area contributed by atoms with Crippen LogP contribution in [0.15, 0.2) is 115 Å². The summed E-state index contributed by atoms with van der Waals surface area (Å²) in [5.74, 6) is -0.937. The van der Waals surface area contributed by atoms with E-state index in [2.05, 4.69) is 44.9 Å². The first kappa shape index (κ1) is 45.3. The van der Waals surface area contributed by atoms with E-state index in [0.717, 1.165) is 41.1 Å². The highest BCUT2D eigenvalue weighted by Gasteiger charge is 2.25. The molecule has 5 aromatic carbocycles. The van der Waals surface area contributed by atoms with Gasteiger partial charge in [-0.15, -0.1) is 10.2 Å². The molecule has 6 rings (SSSR count). The van der Waals surface area contributed by atoms with Crippen LogP contribution in [0.25, 0.3) is 10.8 Å². The number of halogens is 1. The monoisotopic (exact) mass is 926 g/mol. The van der Waals surface area contributed by atoms with Gasteiger partial charge in [-0.1, -0.05) is 30.3 Å². The highest BCUT2D eigenvalue weighted by molar-refractivity contribution is 7.86. The van der Waals surface area contributed by atoms with Gasteiger partial charge in [0.05, 0.1) is 34.7 Å². The van der Waals surface area contributed by atoms with Crippen LogP contribution in [0, 0.1) is 6.92 Å². The van der Waals surface area contributed by atoms with Crippen LogP contribution in [0.2, 0.25) is 5.28 Å². The van der Waals surface area contributed by atoms with Crippen molar-refractivity contribution in [2.45, 2.75) is 36.5 Å². The van der Waals surface area contributed by atoms with Crippen molar-refractivity contribution in [2.24, 2.45) is 20.5 Å². The Morgan fingerprint density at radius 2 is 1.50 bits per heavy atom. The first-order valence-electron chi connectivity index (χ1n) is 17.9. The first-order valence-corrected chi connectivity index (χ1v) is 22.6. The van der Waals surface area contributed by atoms with Crippen molar-refractivity contribution < 1.29 is 48.2 Å². The average molecular weight is 927 g/mol. The van der Waals surface area contributed by atoms with Crippen LogP contribution >= 0.6 is 11.6 Å². The Bertz CT molecular complexity index is 3090. The van der Waals surface area contributed by atoms with E-state index >= 15 is 0 Å². The van der Waals surface area contributed by atoms with Crippen molar-refractivity contribution in [3.63, 3.8) is 0 Å². The predicted octanol–water partition coefficient (Wildman–Crippen LogP) is 8.25. The van der Waals surface area contributed by atoms with Gasteiger partial charge in [0.25, 0.3) is 20.2 Å². The normalized spacial score (nSPS) is 12.4. The molecule has 0 aliphatic heterocycles. The molecule has 6 aromatic rings. The van der Waals surface area contributed by atoms with Gasteiger partial charge in [0.1, 0.15) is 21.2 Å². The van der Waals surface area contributed by atoms with Crippen molar-refractivity contribution >= 4 is 105 Å². The van der Waals surface area contributed by atoms with Gasteiger partial charge in [0.15, 0.2) is 5.75 Å². The molecule has 0 unspecified atom stereocenters. The number of azo groups is 2. The number of anilines is 5. The SMILES string of the molecule is CCN(c1cccc(C)c1)c1nc(Cl)nc(Nc2cc(N=Nc3c(S(=O)(=O)O)cc4ccc(N=Nc5ccc(CCCOS(=O)(=O)O)cc5)c(N)c4c3O)ccc2S(=O)(=O)O)n1. The Balaban J connectivity index is 1.32. The number of nitrogens with one attached hydrogen (secondary N) is 1. The number of nitrogens with two attached hydrogens (primary N) is 1.